The van der Waals surface area contributed by atoms with Crippen LogP contribution in [0.2, 0.25) is 0 Å². The second-order valence-electron chi connectivity index (χ2n) is 2.62. The van der Waals surface area contributed by atoms with Crippen molar-refractivity contribution in [1.82, 2.24) is 4.98 Å². The van der Waals surface area contributed by atoms with E-state index < -0.39 is 4.92 Å². The van der Waals surface area contributed by atoms with Crippen molar-refractivity contribution in [3.05, 3.63) is 26.1 Å². The van der Waals surface area contributed by atoms with Crippen molar-refractivity contribution >= 4 is 34.0 Å². The molecule has 0 N–H and O–H groups in total. The van der Waals surface area contributed by atoms with Crippen LogP contribution >= 0.6 is 22.6 Å². The smallest absolute Gasteiger partial charge is 0.324 e. The number of rotatable bonds is 2. The quantitative estimate of drug-likeness (QED) is 0.360. The monoisotopic (exact) mass is 293 g/mol. The second kappa shape index (κ2) is 3.86. The summed E-state index contributed by atoms with van der Waals surface area (Å²) in [5.74, 6) is 0. The summed E-state index contributed by atoms with van der Waals surface area (Å²) in [7, 11) is 3.52. The topological polar surface area (TPSA) is 59.3 Å². The van der Waals surface area contributed by atoms with Gasteiger partial charge in [0.2, 0.25) is 0 Å². The molecule has 5 nitrogen and oxygen atoms in total. The molecule has 1 heterocycles. The molecule has 70 valence electrons. The van der Waals surface area contributed by atoms with Crippen LogP contribution in [0.3, 0.4) is 0 Å². The molecule has 0 fully saturated rings. The van der Waals surface area contributed by atoms with Crippen LogP contribution in [0, 0.1) is 13.8 Å². The fourth-order valence-electron chi connectivity index (χ4n) is 0.949. The molecule has 6 heteroatoms. The Bertz CT molecular complexity index is 341. The number of nitro groups is 1. The molecule has 13 heavy (non-hydrogen) atoms. The van der Waals surface area contributed by atoms with Crippen LogP contribution < -0.4 is 4.90 Å². The SMILES string of the molecule is CN(C)c1ccnc(I)c1[N+](=O)[O-]. The third-order valence-corrected chi connectivity index (χ3v) is 2.31. The van der Waals surface area contributed by atoms with Gasteiger partial charge in [0.15, 0.2) is 3.70 Å². The lowest BCUT2D eigenvalue weighted by molar-refractivity contribution is -0.385. The molecule has 0 aliphatic heterocycles. The van der Waals surface area contributed by atoms with E-state index in [1.807, 2.05) is 22.6 Å². The molecule has 0 radical (unpaired) electrons. The third kappa shape index (κ3) is 2.06. The lowest BCUT2D eigenvalue weighted by Crippen LogP contribution is -2.12. The highest BCUT2D eigenvalue weighted by Crippen LogP contribution is 2.29. The Morgan fingerprint density at radius 1 is 1.62 bits per heavy atom. The van der Waals surface area contributed by atoms with Gasteiger partial charge in [-0.3, -0.25) is 10.1 Å². The van der Waals surface area contributed by atoms with Crippen molar-refractivity contribution in [3.8, 4) is 0 Å². The van der Waals surface area contributed by atoms with Crippen LogP contribution in [0.4, 0.5) is 11.4 Å². The van der Waals surface area contributed by atoms with Gasteiger partial charge in [-0.2, -0.15) is 0 Å². The number of halogens is 1. The van der Waals surface area contributed by atoms with Crippen molar-refractivity contribution in [3.63, 3.8) is 0 Å². The maximum atomic E-state index is 10.7. The molecule has 0 spiro atoms. The minimum atomic E-state index is -0.413. The van der Waals surface area contributed by atoms with Gasteiger partial charge in [-0.15, -0.1) is 0 Å². The first-order valence-corrected chi connectivity index (χ1v) is 4.58. The average Bonchev–Trinajstić information content (AvgIpc) is 2.02. The summed E-state index contributed by atoms with van der Waals surface area (Å²) in [5, 5.41) is 10.7. The summed E-state index contributed by atoms with van der Waals surface area (Å²) in [5.41, 5.74) is 0.637. The molecule has 0 unspecified atom stereocenters. The van der Waals surface area contributed by atoms with Crippen LogP contribution in [0.1, 0.15) is 0 Å². The Hall–Kier alpha value is -0.920. The Labute approximate surface area is 89.1 Å². The van der Waals surface area contributed by atoms with Crippen molar-refractivity contribution in [2.75, 3.05) is 19.0 Å². The van der Waals surface area contributed by atoms with Gasteiger partial charge in [-0.1, -0.05) is 0 Å². The third-order valence-electron chi connectivity index (χ3n) is 1.52. The molecule has 0 aliphatic carbocycles. The minimum absolute atomic E-state index is 0.0631. The zero-order chi connectivity index (χ0) is 10.0. The van der Waals surface area contributed by atoms with Crippen LogP contribution in [0.25, 0.3) is 0 Å². The molecule has 1 aromatic heterocycles. The van der Waals surface area contributed by atoms with E-state index in [2.05, 4.69) is 4.98 Å². The first-order valence-electron chi connectivity index (χ1n) is 3.50. The Kier molecular flexibility index (Phi) is 3.02. The minimum Gasteiger partial charge on any atom is -0.372 e. The number of hydrogen-bond donors (Lipinski definition) is 0. The molecule has 0 saturated heterocycles. The van der Waals surface area contributed by atoms with Gasteiger partial charge in [0.05, 0.1) is 4.92 Å². The highest BCUT2D eigenvalue weighted by atomic mass is 127. The van der Waals surface area contributed by atoms with Gasteiger partial charge < -0.3 is 4.90 Å². The molecule has 0 bridgehead atoms. The number of anilines is 1. The van der Waals surface area contributed by atoms with Crippen LogP contribution in [-0.2, 0) is 0 Å². The van der Waals surface area contributed by atoms with Gasteiger partial charge >= 0.3 is 5.69 Å². The fraction of sp³-hybridized carbons (Fsp3) is 0.286. The van der Waals surface area contributed by atoms with Gasteiger partial charge in [-0.25, -0.2) is 4.98 Å². The standard InChI is InChI=1S/C7H8IN3O2/c1-10(2)5-3-4-9-7(8)6(5)11(12)13/h3-4H,1-2H3. The number of aromatic nitrogens is 1. The Morgan fingerprint density at radius 2 is 2.23 bits per heavy atom. The van der Waals surface area contributed by atoms with Crippen molar-refractivity contribution in [2.24, 2.45) is 0 Å². The Morgan fingerprint density at radius 3 is 2.62 bits per heavy atom. The predicted molar refractivity (Wildman–Crippen MR) is 57.9 cm³/mol. The van der Waals surface area contributed by atoms with Gasteiger partial charge in [0.25, 0.3) is 0 Å². The molecular weight excluding hydrogens is 285 g/mol. The highest BCUT2D eigenvalue weighted by Gasteiger charge is 2.19. The van der Waals surface area contributed by atoms with Crippen molar-refractivity contribution < 1.29 is 4.92 Å². The van der Waals surface area contributed by atoms with Crippen molar-refractivity contribution in [2.45, 2.75) is 0 Å². The van der Waals surface area contributed by atoms with E-state index in [4.69, 9.17) is 0 Å². The van der Waals surface area contributed by atoms with E-state index in [1.165, 1.54) is 0 Å². The van der Waals surface area contributed by atoms with E-state index in [-0.39, 0.29) is 5.69 Å². The molecule has 0 aromatic carbocycles. The summed E-state index contributed by atoms with van der Waals surface area (Å²) in [6.07, 6.45) is 1.56. The highest BCUT2D eigenvalue weighted by molar-refractivity contribution is 14.1. The summed E-state index contributed by atoms with van der Waals surface area (Å²) >= 11 is 1.86. The lowest BCUT2D eigenvalue weighted by atomic mass is 10.3. The van der Waals surface area contributed by atoms with Gasteiger partial charge in [0.1, 0.15) is 5.69 Å². The van der Waals surface area contributed by atoms with E-state index in [0.717, 1.165) is 0 Å². The number of pyridine rings is 1. The lowest BCUT2D eigenvalue weighted by Gasteiger charge is -2.12. The summed E-state index contributed by atoms with van der Waals surface area (Å²) in [4.78, 5) is 15.8. The first-order chi connectivity index (χ1) is 6.04. The largest absolute Gasteiger partial charge is 0.372 e. The van der Waals surface area contributed by atoms with Crippen LogP contribution in [0.15, 0.2) is 12.3 Å². The summed E-state index contributed by atoms with van der Waals surface area (Å²) in [6.45, 7) is 0. The fourth-order valence-corrected chi connectivity index (χ4v) is 1.58. The van der Waals surface area contributed by atoms with E-state index in [0.29, 0.717) is 9.39 Å². The van der Waals surface area contributed by atoms with E-state index >= 15 is 0 Å². The van der Waals surface area contributed by atoms with Crippen LogP contribution in [0.5, 0.6) is 0 Å². The maximum absolute atomic E-state index is 10.7. The number of hydrogen-bond acceptors (Lipinski definition) is 4. The number of nitrogens with zero attached hydrogens (tertiary/aromatic N) is 3. The zero-order valence-electron chi connectivity index (χ0n) is 7.19. The molecule has 1 rings (SSSR count). The summed E-state index contributed by atoms with van der Waals surface area (Å²) in [6, 6.07) is 1.63. The van der Waals surface area contributed by atoms with E-state index in [9.17, 15) is 10.1 Å². The normalized spacial score (nSPS) is 9.77. The molecule has 0 aliphatic rings. The van der Waals surface area contributed by atoms with Crippen molar-refractivity contribution in [1.29, 1.82) is 0 Å². The van der Waals surface area contributed by atoms with Gasteiger partial charge in [0, 0.05) is 20.3 Å². The van der Waals surface area contributed by atoms with Gasteiger partial charge in [-0.05, 0) is 28.7 Å². The van der Waals surface area contributed by atoms with E-state index in [1.54, 1.807) is 31.3 Å². The summed E-state index contributed by atoms with van der Waals surface area (Å²) < 4.78 is 0.411. The molecule has 0 amide bonds. The zero-order valence-corrected chi connectivity index (χ0v) is 9.35. The predicted octanol–water partition coefficient (Wildman–Crippen LogP) is 1.66. The average molecular weight is 293 g/mol. The first kappa shape index (κ1) is 10.2. The molecule has 0 saturated carbocycles. The molecular formula is C7H8IN3O2. The maximum Gasteiger partial charge on any atom is 0.324 e. The molecule has 1 aromatic rings. The van der Waals surface area contributed by atoms with Crippen LogP contribution in [-0.4, -0.2) is 24.0 Å². The second-order valence-corrected chi connectivity index (χ2v) is 3.64. The Balaban J connectivity index is 3.34. The molecule has 0 atom stereocenters.